The maximum Gasteiger partial charge on any atom is 0.431 e. The Morgan fingerprint density at radius 3 is 2.25 bits per heavy atom. The fraction of sp³-hybridized carbons (Fsp3) is 0.400. The summed E-state index contributed by atoms with van der Waals surface area (Å²) in [7, 11) is 0. The third kappa shape index (κ3) is 3.66. The van der Waals surface area contributed by atoms with Crippen LogP contribution in [0.3, 0.4) is 0 Å². The number of nitrogens with zero attached hydrogens (tertiary/aromatic N) is 1. The van der Waals surface area contributed by atoms with E-state index in [-0.39, 0.29) is 22.8 Å². The molecule has 0 radical (unpaired) electrons. The van der Waals surface area contributed by atoms with E-state index < -0.39 is 23.7 Å². The lowest BCUT2D eigenvalue weighted by Gasteiger charge is -2.33. The van der Waals surface area contributed by atoms with Gasteiger partial charge < -0.3 is 4.90 Å². The van der Waals surface area contributed by atoms with Crippen LogP contribution in [0.1, 0.15) is 26.7 Å². The van der Waals surface area contributed by atoms with Crippen LogP contribution in [0, 0.1) is 0 Å². The van der Waals surface area contributed by atoms with Crippen LogP contribution in [-0.2, 0) is 9.59 Å². The van der Waals surface area contributed by atoms with Crippen LogP contribution < -0.4 is 10.6 Å². The van der Waals surface area contributed by atoms with Crippen molar-refractivity contribution in [1.29, 1.82) is 0 Å². The van der Waals surface area contributed by atoms with Gasteiger partial charge in [-0.1, -0.05) is 13.3 Å². The minimum Gasteiger partial charge on any atom is -0.341 e. The molecular formula is C15H16F3N3O2S. The van der Waals surface area contributed by atoms with Gasteiger partial charge in [-0.15, -0.1) is 0 Å². The van der Waals surface area contributed by atoms with Gasteiger partial charge in [0.25, 0.3) is 11.8 Å². The summed E-state index contributed by atoms with van der Waals surface area (Å²) < 4.78 is 40.2. The molecule has 9 heteroatoms. The average Bonchev–Trinajstić information content (AvgIpc) is 2.43. The van der Waals surface area contributed by atoms with E-state index in [1.165, 1.54) is 13.0 Å². The molecular weight excluding hydrogens is 343 g/mol. The second-order valence-electron chi connectivity index (χ2n) is 5.39. The van der Waals surface area contributed by atoms with Gasteiger partial charge >= 0.3 is 6.18 Å². The molecule has 2 aliphatic heterocycles. The first kappa shape index (κ1) is 18.2. The molecule has 0 saturated carbocycles. The van der Waals surface area contributed by atoms with Crippen molar-refractivity contribution in [2.24, 2.45) is 0 Å². The van der Waals surface area contributed by atoms with Crippen molar-refractivity contribution < 1.29 is 22.8 Å². The minimum atomic E-state index is -4.61. The highest BCUT2D eigenvalue weighted by atomic mass is 32.1. The first-order chi connectivity index (χ1) is 11.1. The lowest BCUT2D eigenvalue weighted by molar-refractivity contribution is -0.123. The second-order valence-corrected chi connectivity index (χ2v) is 5.79. The van der Waals surface area contributed by atoms with E-state index in [2.05, 4.69) is 22.9 Å². The Kier molecular flexibility index (Phi) is 5.12. The number of halogens is 3. The normalized spacial score (nSPS) is 19.0. The molecule has 1 fully saturated rings. The summed E-state index contributed by atoms with van der Waals surface area (Å²) in [6.45, 7) is 3.60. The van der Waals surface area contributed by atoms with Crippen LogP contribution in [-0.4, -0.2) is 34.5 Å². The number of unbranched alkanes of at least 4 members (excludes halogenated alkanes) is 1. The number of amides is 2. The summed E-state index contributed by atoms with van der Waals surface area (Å²) in [5, 5.41) is 4.27. The lowest BCUT2D eigenvalue weighted by Crippen LogP contribution is -2.51. The second kappa shape index (κ2) is 6.76. The zero-order valence-corrected chi connectivity index (χ0v) is 13.9. The number of carbonyl (C=O) groups excluding carboxylic acids is 2. The molecule has 5 nitrogen and oxygen atoms in total. The van der Waals surface area contributed by atoms with E-state index in [0.717, 1.165) is 17.4 Å². The van der Waals surface area contributed by atoms with Crippen LogP contribution >= 0.6 is 12.2 Å². The average molecular weight is 359 g/mol. The van der Waals surface area contributed by atoms with Gasteiger partial charge in [0.15, 0.2) is 5.11 Å². The predicted octanol–water partition coefficient (Wildman–Crippen LogP) is 2.28. The van der Waals surface area contributed by atoms with Crippen molar-refractivity contribution in [2.45, 2.75) is 32.9 Å². The van der Waals surface area contributed by atoms with E-state index in [9.17, 15) is 22.8 Å². The Bertz CT molecular complexity index is 671. The standard InChI is InChI=1S/C15H16F3N3O2S/c1-3-4-5-21-8(2)6-9(7-10(21)15(16,17)18)11-12(22)19-14(24)20-13(11)23/h6-7H,3-5H2,1-2H3,(H2,19,20,22,23,24). The fourth-order valence-electron chi connectivity index (χ4n) is 2.48. The highest BCUT2D eigenvalue weighted by molar-refractivity contribution is 7.80. The summed E-state index contributed by atoms with van der Waals surface area (Å²) in [5.41, 5.74) is -1.06. The van der Waals surface area contributed by atoms with Crippen LogP contribution in [0.4, 0.5) is 13.2 Å². The first-order valence-electron chi connectivity index (χ1n) is 7.30. The zero-order chi connectivity index (χ0) is 18.1. The van der Waals surface area contributed by atoms with Gasteiger partial charge in [0.1, 0.15) is 11.3 Å². The summed E-state index contributed by atoms with van der Waals surface area (Å²) in [6, 6.07) is 0. The van der Waals surface area contributed by atoms with E-state index in [1.54, 1.807) is 0 Å². The summed E-state index contributed by atoms with van der Waals surface area (Å²) in [4.78, 5) is 25.1. The molecule has 24 heavy (non-hydrogen) atoms. The van der Waals surface area contributed by atoms with Gasteiger partial charge in [-0.25, -0.2) is 0 Å². The molecule has 2 rings (SSSR count). The van der Waals surface area contributed by atoms with Gasteiger partial charge in [-0.2, -0.15) is 13.2 Å². The number of allylic oxidation sites excluding steroid dienone is 5. The Labute approximate surface area is 142 Å². The van der Waals surface area contributed by atoms with Crippen molar-refractivity contribution in [3.8, 4) is 0 Å². The number of thiocarbonyl (C=S) groups is 1. The molecule has 130 valence electrons. The van der Waals surface area contributed by atoms with Crippen molar-refractivity contribution in [2.75, 3.05) is 6.54 Å². The largest absolute Gasteiger partial charge is 0.431 e. The van der Waals surface area contributed by atoms with Gasteiger partial charge in [0.2, 0.25) is 0 Å². The Morgan fingerprint density at radius 1 is 1.17 bits per heavy atom. The fourth-order valence-corrected chi connectivity index (χ4v) is 2.67. The Balaban J connectivity index is 2.53. The van der Waals surface area contributed by atoms with Crippen LogP contribution in [0.15, 0.2) is 34.7 Å². The number of rotatable bonds is 3. The lowest BCUT2D eigenvalue weighted by atomic mass is 9.99. The molecule has 0 aromatic carbocycles. The molecule has 2 amide bonds. The molecule has 0 aliphatic carbocycles. The number of hydrogen-bond donors (Lipinski definition) is 2. The smallest absolute Gasteiger partial charge is 0.341 e. The van der Waals surface area contributed by atoms with E-state index >= 15 is 0 Å². The Morgan fingerprint density at radius 2 is 1.75 bits per heavy atom. The quantitative estimate of drug-likeness (QED) is 0.461. The monoisotopic (exact) mass is 359 g/mol. The molecule has 0 aromatic rings. The molecule has 0 aromatic heterocycles. The third-order valence-electron chi connectivity index (χ3n) is 3.60. The molecule has 0 spiro atoms. The number of alkyl halides is 3. The highest BCUT2D eigenvalue weighted by Gasteiger charge is 2.40. The number of hydrogen-bond acceptors (Lipinski definition) is 4. The topological polar surface area (TPSA) is 61.4 Å². The molecule has 2 heterocycles. The van der Waals surface area contributed by atoms with Gasteiger partial charge in [0.05, 0.1) is 0 Å². The van der Waals surface area contributed by atoms with Crippen molar-refractivity contribution in [3.05, 3.63) is 34.7 Å². The van der Waals surface area contributed by atoms with Gasteiger partial charge in [-0.3, -0.25) is 20.2 Å². The summed E-state index contributed by atoms with van der Waals surface area (Å²) in [6.07, 6.45) is -1.06. The summed E-state index contributed by atoms with van der Waals surface area (Å²) >= 11 is 4.68. The van der Waals surface area contributed by atoms with Crippen molar-refractivity contribution in [3.63, 3.8) is 0 Å². The van der Waals surface area contributed by atoms with Crippen molar-refractivity contribution in [1.82, 2.24) is 15.5 Å². The minimum absolute atomic E-state index is 0.0925. The molecule has 0 unspecified atom stereocenters. The van der Waals surface area contributed by atoms with E-state index in [1.807, 2.05) is 6.92 Å². The number of nitrogens with one attached hydrogen (secondary N) is 2. The van der Waals surface area contributed by atoms with Crippen LogP contribution in [0.5, 0.6) is 0 Å². The van der Waals surface area contributed by atoms with Gasteiger partial charge in [0, 0.05) is 12.2 Å². The molecule has 2 N–H and O–H groups in total. The SMILES string of the molecule is CCCCN1C(C)=CC(=C2C(=O)NC(=S)NC2=O)C=C1C(F)(F)F. The van der Waals surface area contributed by atoms with E-state index in [0.29, 0.717) is 12.1 Å². The molecule has 0 bridgehead atoms. The molecule has 2 aliphatic rings. The van der Waals surface area contributed by atoms with Crippen LogP contribution in [0.2, 0.25) is 0 Å². The van der Waals surface area contributed by atoms with Crippen molar-refractivity contribution >= 4 is 29.1 Å². The Hall–Kier alpha value is -2.16. The third-order valence-corrected chi connectivity index (χ3v) is 3.80. The maximum absolute atomic E-state index is 13.4. The molecule has 0 atom stereocenters. The first-order valence-corrected chi connectivity index (χ1v) is 7.71. The summed E-state index contributed by atoms with van der Waals surface area (Å²) in [5.74, 6) is -1.63. The zero-order valence-electron chi connectivity index (χ0n) is 13.1. The maximum atomic E-state index is 13.4. The van der Waals surface area contributed by atoms with E-state index in [4.69, 9.17) is 0 Å². The van der Waals surface area contributed by atoms with Crippen LogP contribution in [0.25, 0.3) is 0 Å². The number of carbonyl (C=O) groups is 2. The van der Waals surface area contributed by atoms with Gasteiger partial charge in [-0.05, 0) is 43.3 Å². The molecule has 1 saturated heterocycles. The highest BCUT2D eigenvalue weighted by Crippen LogP contribution is 2.36. The predicted molar refractivity (Wildman–Crippen MR) is 85.4 cm³/mol.